The first-order valence-electron chi connectivity index (χ1n) is 5.15. The van der Waals surface area contributed by atoms with E-state index in [1.165, 1.54) is 0 Å². The van der Waals surface area contributed by atoms with Gasteiger partial charge in [0.2, 0.25) is 0 Å². The number of carbonyl (C=O) groups excluding carboxylic acids is 1. The second kappa shape index (κ2) is 5.40. The molecule has 1 amide bonds. The molecule has 17 heavy (non-hydrogen) atoms. The van der Waals surface area contributed by atoms with Gasteiger partial charge in [0.1, 0.15) is 5.60 Å². The maximum atomic E-state index is 11.6. The summed E-state index contributed by atoms with van der Waals surface area (Å²) < 4.78 is 6.98. The van der Waals surface area contributed by atoms with Crippen LogP contribution in [0.25, 0.3) is 0 Å². The number of benzene rings is 1. The molecule has 1 aromatic rings. The first-order valence-corrected chi connectivity index (χ1v) is 6.73. The minimum absolute atomic E-state index is 0.458. The van der Waals surface area contributed by atoms with Gasteiger partial charge in [-0.15, -0.1) is 0 Å². The molecule has 0 saturated carbocycles. The number of aryl methyl sites for hydroxylation is 1. The topological polar surface area (TPSA) is 38.3 Å². The zero-order chi connectivity index (χ0) is 13.2. The van der Waals surface area contributed by atoms with Gasteiger partial charge in [-0.3, -0.25) is 5.32 Å². The lowest BCUT2D eigenvalue weighted by atomic mass is 10.2. The molecule has 0 aliphatic carbocycles. The monoisotopic (exact) mass is 363 g/mol. The lowest BCUT2D eigenvalue weighted by molar-refractivity contribution is 0.0636. The average Bonchev–Trinajstić information content (AvgIpc) is 2.11. The molecule has 0 radical (unpaired) electrons. The van der Waals surface area contributed by atoms with Gasteiger partial charge in [-0.25, -0.2) is 4.79 Å². The van der Waals surface area contributed by atoms with Crippen molar-refractivity contribution in [3.63, 3.8) is 0 Å². The first-order chi connectivity index (χ1) is 7.69. The molecule has 94 valence electrons. The van der Waals surface area contributed by atoms with Crippen molar-refractivity contribution in [2.24, 2.45) is 0 Å². The van der Waals surface area contributed by atoms with Crippen LogP contribution in [-0.4, -0.2) is 11.7 Å². The van der Waals surface area contributed by atoms with Gasteiger partial charge in [0.05, 0.1) is 5.69 Å². The fourth-order valence-electron chi connectivity index (χ4n) is 1.17. The van der Waals surface area contributed by atoms with E-state index >= 15 is 0 Å². The third kappa shape index (κ3) is 4.68. The van der Waals surface area contributed by atoms with Crippen molar-refractivity contribution < 1.29 is 9.53 Å². The molecule has 0 atom stereocenters. The molecule has 1 aromatic carbocycles. The fourth-order valence-corrected chi connectivity index (χ4v) is 2.26. The van der Waals surface area contributed by atoms with Gasteiger partial charge in [0, 0.05) is 8.95 Å². The predicted octanol–water partition coefficient (Wildman–Crippen LogP) is 4.87. The van der Waals surface area contributed by atoms with E-state index in [0.717, 1.165) is 14.5 Å². The summed E-state index contributed by atoms with van der Waals surface area (Å²) in [5.74, 6) is 0. The molecule has 0 saturated heterocycles. The summed E-state index contributed by atoms with van der Waals surface area (Å²) in [6.45, 7) is 7.44. The third-order valence-corrected chi connectivity index (χ3v) is 3.39. The molecule has 0 spiro atoms. The van der Waals surface area contributed by atoms with Gasteiger partial charge < -0.3 is 4.74 Å². The summed E-state index contributed by atoms with van der Waals surface area (Å²) in [5.41, 5.74) is 1.24. The molecule has 0 unspecified atom stereocenters. The van der Waals surface area contributed by atoms with E-state index in [-0.39, 0.29) is 0 Å². The minimum atomic E-state index is -0.499. The number of anilines is 1. The molecule has 0 bridgehead atoms. The highest BCUT2D eigenvalue weighted by atomic mass is 79.9. The Kier molecular flexibility index (Phi) is 4.61. The normalized spacial score (nSPS) is 11.2. The molecular weight excluding hydrogens is 350 g/mol. The van der Waals surface area contributed by atoms with Gasteiger partial charge in [-0.05, 0) is 61.3 Å². The van der Waals surface area contributed by atoms with E-state index in [1.54, 1.807) is 0 Å². The van der Waals surface area contributed by atoms with E-state index in [2.05, 4.69) is 37.2 Å². The second-order valence-corrected chi connectivity index (χ2v) is 6.42. The van der Waals surface area contributed by atoms with Gasteiger partial charge in [-0.1, -0.05) is 15.9 Å². The van der Waals surface area contributed by atoms with Crippen molar-refractivity contribution in [3.05, 3.63) is 26.6 Å². The number of ether oxygens (including phenoxy) is 1. The summed E-state index contributed by atoms with van der Waals surface area (Å²) in [6, 6.07) is 3.76. The summed E-state index contributed by atoms with van der Waals surface area (Å²) in [7, 11) is 0. The van der Waals surface area contributed by atoms with Crippen molar-refractivity contribution in [1.29, 1.82) is 0 Å². The summed E-state index contributed by atoms with van der Waals surface area (Å²) in [5, 5.41) is 2.71. The predicted molar refractivity (Wildman–Crippen MR) is 76.4 cm³/mol. The van der Waals surface area contributed by atoms with Gasteiger partial charge >= 0.3 is 6.09 Å². The van der Waals surface area contributed by atoms with E-state index in [1.807, 2.05) is 39.8 Å². The Morgan fingerprint density at radius 3 is 2.35 bits per heavy atom. The highest BCUT2D eigenvalue weighted by molar-refractivity contribution is 9.11. The van der Waals surface area contributed by atoms with E-state index in [9.17, 15) is 4.79 Å². The fraction of sp³-hybridized carbons (Fsp3) is 0.417. The molecule has 3 nitrogen and oxygen atoms in total. The number of halogens is 2. The molecule has 0 aliphatic heterocycles. The van der Waals surface area contributed by atoms with E-state index in [0.29, 0.717) is 5.69 Å². The lowest BCUT2D eigenvalue weighted by Crippen LogP contribution is -2.27. The number of carbonyl (C=O) groups is 1. The molecule has 5 heteroatoms. The van der Waals surface area contributed by atoms with Crippen LogP contribution in [0.5, 0.6) is 0 Å². The molecule has 0 heterocycles. The third-order valence-electron chi connectivity index (χ3n) is 1.88. The highest BCUT2D eigenvalue weighted by Crippen LogP contribution is 2.29. The van der Waals surface area contributed by atoms with Crippen LogP contribution in [0.15, 0.2) is 21.1 Å². The van der Waals surface area contributed by atoms with Crippen molar-refractivity contribution >= 4 is 43.6 Å². The Morgan fingerprint density at radius 1 is 1.24 bits per heavy atom. The van der Waals surface area contributed by atoms with Crippen LogP contribution in [0.4, 0.5) is 10.5 Å². The van der Waals surface area contributed by atoms with Crippen LogP contribution in [0.2, 0.25) is 0 Å². The Labute approximate surface area is 118 Å². The van der Waals surface area contributed by atoms with Crippen LogP contribution in [0.1, 0.15) is 26.3 Å². The maximum absolute atomic E-state index is 11.6. The van der Waals surface area contributed by atoms with Crippen molar-refractivity contribution in [2.75, 3.05) is 5.32 Å². The minimum Gasteiger partial charge on any atom is -0.444 e. The van der Waals surface area contributed by atoms with Crippen molar-refractivity contribution in [2.45, 2.75) is 33.3 Å². The van der Waals surface area contributed by atoms with Crippen molar-refractivity contribution in [1.82, 2.24) is 0 Å². The second-order valence-electron chi connectivity index (χ2n) is 4.71. The van der Waals surface area contributed by atoms with Crippen molar-refractivity contribution in [3.8, 4) is 0 Å². The Balaban J connectivity index is 2.82. The van der Waals surface area contributed by atoms with Gasteiger partial charge in [0.15, 0.2) is 0 Å². The Morgan fingerprint density at radius 2 is 1.82 bits per heavy atom. The highest BCUT2D eigenvalue weighted by Gasteiger charge is 2.17. The van der Waals surface area contributed by atoms with Crippen LogP contribution in [0.3, 0.4) is 0 Å². The lowest BCUT2D eigenvalue weighted by Gasteiger charge is -2.20. The Hall–Kier alpha value is -0.550. The molecule has 1 rings (SSSR count). The summed E-state index contributed by atoms with van der Waals surface area (Å²) >= 11 is 6.81. The average molecular weight is 365 g/mol. The SMILES string of the molecule is Cc1cc(NC(=O)OC(C)(C)C)c(Br)cc1Br. The molecule has 0 aromatic heterocycles. The summed E-state index contributed by atoms with van der Waals surface area (Å²) in [6.07, 6.45) is -0.458. The zero-order valence-corrected chi connectivity index (χ0v) is 13.4. The van der Waals surface area contributed by atoms with Crippen LogP contribution >= 0.6 is 31.9 Å². The summed E-state index contributed by atoms with van der Waals surface area (Å²) in [4.78, 5) is 11.6. The van der Waals surface area contributed by atoms with Crippen LogP contribution < -0.4 is 5.32 Å². The number of hydrogen-bond acceptors (Lipinski definition) is 2. The quantitative estimate of drug-likeness (QED) is 0.772. The Bertz CT molecular complexity index is 439. The number of rotatable bonds is 1. The van der Waals surface area contributed by atoms with Crippen LogP contribution in [0, 0.1) is 6.92 Å². The number of nitrogens with one attached hydrogen (secondary N) is 1. The number of hydrogen-bond donors (Lipinski definition) is 1. The smallest absolute Gasteiger partial charge is 0.412 e. The molecular formula is C12H15Br2NO2. The standard InChI is InChI=1S/C12H15Br2NO2/c1-7-5-10(9(14)6-8(7)13)15-11(16)17-12(2,3)4/h5-6H,1-4H3,(H,15,16). The first kappa shape index (κ1) is 14.5. The number of amides is 1. The molecule has 0 aliphatic rings. The maximum Gasteiger partial charge on any atom is 0.412 e. The molecule has 0 fully saturated rings. The van der Waals surface area contributed by atoms with E-state index in [4.69, 9.17) is 4.74 Å². The van der Waals surface area contributed by atoms with E-state index < -0.39 is 11.7 Å². The van der Waals surface area contributed by atoms with Crippen LogP contribution in [-0.2, 0) is 4.74 Å². The zero-order valence-electron chi connectivity index (χ0n) is 10.2. The molecule has 1 N–H and O–H groups in total. The van der Waals surface area contributed by atoms with Gasteiger partial charge in [-0.2, -0.15) is 0 Å². The van der Waals surface area contributed by atoms with Gasteiger partial charge in [0.25, 0.3) is 0 Å². The largest absolute Gasteiger partial charge is 0.444 e.